The fraction of sp³-hybridized carbons (Fsp3) is 0.706. The van der Waals surface area contributed by atoms with Crippen LogP contribution in [0.2, 0.25) is 0 Å². The zero-order chi connectivity index (χ0) is 18.0. The van der Waals surface area contributed by atoms with E-state index in [2.05, 4.69) is 5.16 Å². The Labute approximate surface area is 147 Å². The van der Waals surface area contributed by atoms with Crippen LogP contribution in [0.1, 0.15) is 41.1 Å². The number of aryl methyl sites for hydroxylation is 1. The van der Waals surface area contributed by atoms with Crippen molar-refractivity contribution in [1.29, 1.82) is 0 Å². The molecule has 2 fully saturated rings. The molecule has 0 radical (unpaired) electrons. The van der Waals surface area contributed by atoms with Crippen molar-refractivity contribution in [3.63, 3.8) is 0 Å². The van der Waals surface area contributed by atoms with Gasteiger partial charge in [0.05, 0.1) is 12.2 Å². The number of piperidine rings is 2. The maximum atomic E-state index is 12.9. The Morgan fingerprint density at radius 2 is 2.24 bits per heavy atom. The number of aromatic nitrogens is 1. The van der Waals surface area contributed by atoms with Gasteiger partial charge in [-0.15, -0.1) is 0 Å². The molecule has 0 aromatic carbocycles. The molecule has 138 valence electrons. The topological polar surface area (TPSA) is 102 Å². The van der Waals surface area contributed by atoms with E-state index in [0.717, 1.165) is 12.8 Å². The van der Waals surface area contributed by atoms with Gasteiger partial charge in [0.25, 0.3) is 5.91 Å². The van der Waals surface area contributed by atoms with Gasteiger partial charge in [-0.05, 0) is 25.7 Å². The van der Waals surface area contributed by atoms with Gasteiger partial charge in [-0.1, -0.05) is 5.16 Å². The molecule has 0 unspecified atom stereocenters. The van der Waals surface area contributed by atoms with Crippen molar-refractivity contribution in [3.05, 3.63) is 17.0 Å². The van der Waals surface area contributed by atoms with Gasteiger partial charge in [-0.3, -0.25) is 9.59 Å². The maximum absolute atomic E-state index is 12.9. The fourth-order valence-corrected chi connectivity index (χ4v) is 3.99. The second kappa shape index (κ2) is 7.53. The van der Waals surface area contributed by atoms with Gasteiger partial charge in [0, 0.05) is 45.8 Å². The summed E-state index contributed by atoms with van der Waals surface area (Å²) in [4.78, 5) is 28.8. The third-order valence-corrected chi connectivity index (χ3v) is 5.28. The molecule has 1 aromatic heterocycles. The lowest BCUT2D eigenvalue weighted by Crippen LogP contribution is -2.57. The van der Waals surface area contributed by atoms with E-state index in [4.69, 9.17) is 15.0 Å². The highest BCUT2D eigenvalue weighted by Crippen LogP contribution is 2.32. The van der Waals surface area contributed by atoms with Crippen molar-refractivity contribution in [2.45, 2.75) is 38.8 Å². The molecule has 0 bridgehead atoms. The number of ether oxygens (including phenoxy) is 1. The minimum absolute atomic E-state index is 0.121. The normalized spacial score (nSPS) is 23.7. The van der Waals surface area contributed by atoms with E-state index < -0.39 is 0 Å². The molecule has 0 aliphatic carbocycles. The van der Waals surface area contributed by atoms with E-state index >= 15 is 0 Å². The molecule has 2 atom stereocenters. The van der Waals surface area contributed by atoms with Crippen LogP contribution >= 0.6 is 0 Å². The highest BCUT2D eigenvalue weighted by atomic mass is 16.5. The van der Waals surface area contributed by atoms with Gasteiger partial charge in [-0.25, -0.2) is 0 Å². The lowest BCUT2D eigenvalue weighted by molar-refractivity contribution is -0.140. The highest BCUT2D eigenvalue weighted by Gasteiger charge is 2.40. The Balaban J connectivity index is 1.72. The number of hydrogen-bond acceptors (Lipinski definition) is 6. The maximum Gasteiger partial charge on any atom is 0.276 e. The van der Waals surface area contributed by atoms with Crippen LogP contribution in [-0.4, -0.2) is 66.1 Å². The largest absolute Gasteiger partial charge is 0.380 e. The van der Waals surface area contributed by atoms with Crippen molar-refractivity contribution in [2.75, 3.05) is 33.3 Å². The minimum Gasteiger partial charge on any atom is -0.380 e. The molecule has 1 aromatic rings. The average Bonchev–Trinajstić information content (AvgIpc) is 2.98. The van der Waals surface area contributed by atoms with Crippen LogP contribution in [0.25, 0.3) is 0 Å². The summed E-state index contributed by atoms with van der Waals surface area (Å²) in [5.41, 5.74) is 6.70. The third-order valence-electron chi connectivity index (χ3n) is 5.28. The zero-order valence-corrected chi connectivity index (χ0v) is 14.9. The van der Waals surface area contributed by atoms with Crippen molar-refractivity contribution >= 4 is 11.8 Å². The monoisotopic (exact) mass is 350 g/mol. The van der Waals surface area contributed by atoms with Crippen LogP contribution in [0.4, 0.5) is 0 Å². The lowest BCUT2D eigenvalue weighted by Gasteiger charge is -2.46. The molecule has 2 aliphatic rings. The standard InChI is InChI=1S/C17H26N4O4/c1-11-13(10-24-2)16(19-25-11)17(23)20-7-5-14-12(9-20)3-4-15(22)21(14)8-6-18/h12,14H,3-10,18H2,1-2H3/t12-,14+/m0/s1. The molecular weight excluding hydrogens is 324 g/mol. The van der Waals surface area contributed by atoms with Crippen molar-refractivity contribution < 1.29 is 18.8 Å². The van der Waals surface area contributed by atoms with Crippen LogP contribution in [0.5, 0.6) is 0 Å². The molecule has 0 spiro atoms. The molecule has 8 heteroatoms. The Hall–Kier alpha value is -1.93. The average molecular weight is 350 g/mol. The Kier molecular flexibility index (Phi) is 5.39. The lowest BCUT2D eigenvalue weighted by atomic mass is 9.83. The summed E-state index contributed by atoms with van der Waals surface area (Å²) in [7, 11) is 1.58. The third kappa shape index (κ3) is 3.41. The molecule has 3 rings (SSSR count). The number of amides is 2. The quantitative estimate of drug-likeness (QED) is 0.832. The van der Waals surface area contributed by atoms with E-state index in [-0.39, 0.29) is 17.9 Å². The number of rotatable bonds is 5. The summed E-state index contributed by atoms with van der Waals surface area (Å²) in [6, 6.07) is 0.186. The van der Waals surface area contributed by atoms with Gasteiger partial charge >= 0.3 is 0 Å². The summed E-state index contributed by atoms with van der Waals surface area (Å²) in [6.07, 6.45) is 2.12. The number of carbonyl (C=O) groups is 2. The number of fused-ring (bicyclic) bond motifs is 1. The second-order valence-electron chi connectivity index (χ2n) is 6.78. The van der Waals surface area contributed by atoms with E-state index in [9.17, 15) is 9.59 Å². The molecule has 8 nitrogen and oxygen atoms in total. The number of nitrogens with two attached hydrogens (primary N) is 1. The first-order valence-corrected chi connectivity index (χ1v) is 8.79. The van der Waals surface area contributed by atoms with Gasteiger partial charge in [0.1, 0.15) is 5.76 Å². The van der Waals surface area contributed by atoms with Crippen molar-refractivity contribution in [3.8, 4) is 0 Å². The number of carbonyl (C=O) groups excluding carboxylic acids is 2. The summed E-state index contributed by atoms with van der Waals surface area (Å²) < 4.78 is 10.3. The molecule has 2 N–H and O–H groups in total. The molecular formula is C17H26N4O4. The van der Waals surface area contributed by atoms with Gasteiger partial charge in [-0.2, -0.15) is 0 Å². The van der Waals surface area contributed by atoms with Gasteiger partial charge in [0.15, 0.2) is 5.69 Å². The number of nitrogens with zero attached hydrogens (tertiary/aromatic N) is 3. The van der Waals surface area contributed by atoms with Crippen LogP contribution in [0.3, 0.4) is 0 Å². The van der Waals surface area contributed by atoms with Crippen molar-refractivity contribution in [2.24, 2.45) is 11.7 Å². The first-order valence-electron chi connectivity index (χ1n) is 8.79. The van der Waals surface area contributed by atoms with Crippen LogP contribution in [0.15, 0.2) is 4.52 Å². The molecule has 2 amide bonds. The van der Waals surface area contributed by atoms with E-state index in [1.54, 1.807) is 14.0 Å². The Bertz CT molecular complexity index is 645. The highest BCUT2D eigenvalue weighted by molar-refractivity contribution is 5.94. The fourth-order valence-electron chi connectivity index (χ4n) is 3.99. The van der Waals surface area contributed by atoms with Crippen LogP contribution in [0, 0.1) is 12.8 Å². The van der Waals surface area contributed by atoms with Gasteiger partial charge < -0.3 is 24.8 Å². The Morgan fingerprint density at radius 1 is 1.44 bits per heavy atom. The summed E-state index contributed by atoms with van der Waals surface area (Å²) in [5, 5.41) is 3.94. The minimum atomic E-state index is -0.121. The summed E-state index contributed by atoms with van der Waals surface area (Å²) in [6.45, 7) is 4.38. The van der Waals surface area contributed by atoms with E-state index in [0.29, 0.717) is 62.1 Å². The Morgan fingerprint density at radius 3 is 2.96 bits per heavy atom. The number of hydrogen-bond donors (Lipinski definition) is 1. The predicted molar refractivity (Wildman–Crippen MR) is 89.8 cm³/mol. The van der Waals surface area contributed by atoms with Crippen LogP contribution in [-0.2, 0) is 16.1 Å². The van der Waals surface area contributed by atoms with Crippen molar-refractivity contribution in [1.82, 2.24) is 15.0 Å². The molecule has 2 aliphatic heterocycles. The molecule has 2 saturated heterocycles. The first-order chi connectivity index (χ1) is 12.1. The second-order valence-corrected chi connectivity index (χ2v) is 6.78. The molecule has 25 heavy (non-hydrogen) atoms. The zero-order valence-electron chi connectivity index (χ0n) is 14.9. The summed E-state index contributed by atoms with van der Waals surface area (Å²) >= 11 is 0. The SMILES string of the molecule is COCc1c(C(=O)N2CC[C@@H]3[C@@H](CCC(=O)N3CCN)C2)noc1C. The smallest absolute Gasteiger partial charge is 0.276 e. The van der Waals surface area contributed by atoms with E-state index in [1.165, 1.54) is 0 Å². The van der Waals surface area contributed by atoms with Crippen LogP contribution < -0.4 is 5.73 Å². The first kappa shape index (κ1) is 17.9. The number of methoxy groups -OCH3 is 1. The predicted octanol–water partition coefficient (Wildman–Crippen LogP) is 0.541. The molecule has 0 saturated carbocycles. The molecule has 3 heterocycles. The number of likely N-dealkylation sites (tertiary alicyclic amines) is 2. The van der Waals surface area contributed by atoms with Gasteiger partial charge in [0.2, 0.25) is 5.91 Å². The summed E-state index contributed by atoms with van der Waals surface area (Å²) in [5.74, 6) is 0.962. The van der Waals surface area contributed by atoms with E-state index in [1.807, 2.05) is 9.80 Å².